The molecule has 0 bridgehead atoms. The molecular weight excluding hydrogens is 478 g/mol. The van der Waals surface area contributed by atoms with Crippen LogP contribution in [0.2, 0.25) is 5.02 Å². The molecule has 8 heteroatoms. The van der Waals surface area contributed by atoms with E-state index in [1.54, 1.807) is 13.3 Å². The number of aliphatic hydroxyl groups is 1. The first-order valence-corrected chi connectivity index (χ1v) is 12.9. The molecule has 0 amide bonds. The van der Waals surface area contributed by atoms with E-state index in [-0.39, 0.29) is 5.82 Å². The van der Waals surface area contributed by atoms with E-state index in [1.165, 1.54) is 23.9 Å². The summed E-state index contributed by atoms with van der Waals surface area (Å²) < 4.78 is 32.4. The smallest absolute Gasteiger partial charge is 0.136 e. The van der Waals surface area contributed by atoms with Gasteiger partial charge in [0.25, 0.3) is 0 Å². The van der Waals surface area contributed by atoms with E-state index in [9.17, 15) is 13.9 Å². The highest BCUT2D eigenvalue weighted by Gasteiger charge is 2.22. The number of thioether (sulfide) groups is 1. The third kappa shape index (κ3) is 6.19. The molecule has 3 aromatic rings. The minimum atomic E-state index is -0.666. The van der Waals surface area contributed by atoms with Crippen molar-refractivity contribution in [1.29, 1.82) is 0 Å². The van der Waals surface area contributed by atoms with Gasteiger partial charge in [0.2, 0.25) is 0 Å². The molecule has 4 rings (SSSR count). The van der Waals surface area contributed by atoms with E-state index in [4.69, 9.17) is 16.3 Å². The molecule has 4 nitrogen and oxygen atoms in total. The van der Waals surface area contributed by atoms with Crippen molar-refractivity contribution in [2.75, 3.05) is 32.5 Å². The zero-order chi connectivity index (χ0) is 24.1. The number of ether oxygens (including phenoxy) is 1. The van der Waals surface area contributed by atoms with Gasteiger partial charge in [-0.15, -0.1) is 11.8 Å². The Morgan fingerprint density at radius 2 is 2.00 bits per heavy atom. The zero-order valence-electron chi connectivity index (χ0n) is 19.1. The normalized spacial score (nSPS) is 16.1. The third-order valence-corrected chi connectivity index (χ3v) is 7.83. The van der Waals surface area contributed by atoms with Crippen molar-refractivity contribution >= 4 is 34.3 Å². The number of aromatic nitrogens is 1. The fourth-order valence-electron chi connectivity index (χ4n) is 4.54. The number of piperidine rings is 1. The molecule has 1 saturated heterocycles. The van der Waals surface area contributed by atoms with Crippen LogP contribution in [-0.4, -0.2) is 47.5 Å². The number of likely N-dealkylation sites (tertiary alicyclic amines) is 1. The Morgan fingerprint density at radius 1 is 1.21 bits per heavy atom. The molecule has 1 N–H and O–H groups in total. The summed E-state index contributed by atoms with van der Waals surface area (Å²) in [6.45, 7) is 2.79. The van der Waals surface area contributed by atoms with Crippen LogP contribution in [0.1, 0.15) is 37.4 Å². The highest BCUT2D eigenvalue weighted by molar-refractivity contribution is 7.99. The predicted octanol–water partition coefficient (Wildman–Crippen LogP) is 6.49. The van der Waals surface area contributed by atoms with E-state index < -0.39 is 11.9 Å². The number of hydrogen-bond acceptors (Lipinski definition) is 5. The quantitative estimate of drug-likeness (QED) is 0.336. The average molecular weight is 507 g/mol. The Kier molecular flexibility index (Phi) is 8.64. The Bertz CT molecular complexity index is 1130. The summed E-state index contributed by atoms with van der Waals surface area (Å²) in [7, 11) is 1.61. The molecule has 1 aromatic heterocycles. The molecule has 182 valence electrons. The monoisotopic (exact) mass is 506 g/mol. The third-order valence-electron chi connectivity index (χ3n) is 6.52. The summed E-state index contributed by atoms with van der Waals surface area (Å²) in [5.41, 5.74) is 1.49. The average Bonchev–Trinajstić information content (AvgIpc) is 2.85. The van der Waals surface area contributed by atoms with Gasteiger partial charge in [-0.3, -0.25) is 4.98 Å². The van der Waals surface area contributed by atoms with Crippen molar-refractivity contribution in [3.05, 3.63) is 64.8 Å². The summed E-state index contributed by atoms with van der Waals surface area (Å²) >= 11 is 7.79. The lowest BCUT2D eigenvalue weighted by molar-refractivity contribution is 0.137. The van der Waals surface area contributed by atoms with Crippen LogP contribution in [0.4, 0.5) is 8.78 Å². The van der Waals surface area contributed by atoms with Gasteiger partial charge >= 0.3 is 0 Å². The van der Waals surface area contributed by atoms with Crippen LogP contribution in [0, 0.1) is 17.6 Å². The van der Waals surface area contributed by atoms with Crippen molar-refractivity contribution in [2.24, 2.45) is 5.92 Å². The number of methoxy groups -OCH3 is 1. The van der Waals surface area contributed by atoms with Gasteiger partial charge in [0.15, 0.2) is 0 Å². The standard InChI is InChI=1S/C26H29ClF2N2O2S/c1-33-19-4-6-23-20(15-19)26(21(27)16-30-23)24(32)7-2-17-8-10-31(11-9-17)12-13-34-25-14-18(28)3-5-22(25)29/h3-6,14-17,24,32H,2,7-13H2,1H3. The second-order valence-corrected chi connectivity index (χ2v) is 10.2. The van der Waals surface area contributed by atoms with Crippen molar-refractivity contribution in [1.82, 2.24) is 9.88 Å². The van der Waals surface area contributed by atoms with Gasteiger partial charge in [-0.25, -0.2) is 8.78 Å². The molecule has 0 radical (unpaired) electrons. The number of rotatable bonds is 9. The Hall–Kier alpha value is -1.93. The lowest BCUT2D eigenvalue weighted by Crippen LogP contribution is -2.35. The van der Waals surface area contributed by atoms with Crippen molar-refractivity contribution < 1.29 is 18.6 Å². The van der Waals surface area contributed by atoms with Gasteiger partial charge in [-0.2, -0.15) is 0 Å². The molecule has 1 atom stereocenters. The van der Waals surface area contributed by atoms with E-state index in [1.807, 2.05) is 18.2 Å². The second kappa shape index (κ2) is 11.7. The van der Waals surface area contributed by atoms with Crippen molar-refractivity contribution in [3.8, 4) is 5.75 Å². The first kappa shape index (κ1) is 25.2. The highest BCUT2D eigenvalue weighted by Crippen LogP contribution is 2.35. The van der Waals surface area contributed by atoms with Crippen LogP contribution < -0.4 is 4.74 Å². The number of nitrogens with zero attached hydrogens (tertiary/aromatic N) is 2. The lowest BCUT2D eigenvalue weighted by Gasteiger charge is -2.32. The van der Waals surface area contributed by atoms with Gasteiger partial charge in [-0.05, 0) is 81.1 Å². The highest BCUT2D eigenvalue weighted by atomic mass is 35.5. The number of hydrogen-bond donors (Lipinski definition) is 1. The number of halogens is 3. The fourth-order valence-corrected chi connectivity index (χ4v) is 5.79. The van der Waals surface area contributed by atoms with E-state index in [0.29, 0.717) is 33.6 Å². The number of aliphatic hydroxyl groups excluding tert-OH is 1. The van der Waals surface area contributed by atoms with Crippen LogP contribution in [0.5, 0.6) is 5.75 Å². The van der Waals surface area contributed by atoms with Gasteiger partial charge in [0.05, 0.1) is 23.8 Å². The molecule has 1 aliphatic rings. The molecule has 1 aliphatic heterocycles. The Labute approximate surface area is 208 Å². The van der Waals surface area contributed by atoms with Crippen LogP contribution in [0.3, 0.4) is 0 Å². The van der Waals surface area contributed by atoms with Gasteiger partial charge in [0, 0.05) is 34.3 Å². The Morgan fingerprint density at radius 3 is 2.76 bits per heavy atom. The topological polar surface area (TPSA) is 45.6 Å². The maximum atomic E-state index is 13.8. The molecule has 2 heterocycles. The van der Waals surface area contributed by atoms with Gasteiger partial charge in [-0.1, -0.05) is 11.6 Å². The SMILES string of the molecule is COc1ccc2ncc(Cl)c(C(O)CCC3CCN(CCSc4cc(F)ccc4F)CC3)c2c1. The van der Waals surface area contributed by atoms with Crippen LogP contribution in [-0.2, 0) is 0 Å². The molecule has 0 saturated carbocycles. The molecule has 0 spiro atoms. The van der Waals surface area contributed by atoms with Crippen LogP contribution in [0.25, 0.3) is 10.9 Å². The maximum absolute atomic E-state index is 13.8. The van der Waals surface area contributed by atoms with Crippen molar-refractivity contribution in [2.45, 2.75) is 36.7 Å². The van der Waals surface area contributed by atoms with E-state index in [0.717, 1.165) is 61.6 Å². The molecule has 34 heavy (non-hydrogen) atoms. The van der Waals surface area contributed by atoms with Crippen LogP contribution >= 0.6 is 23.4 Å². The number of pyridine rings is 1. The largest absolute Gasteiger partial charge is 0.497 e. The summed E-state index contributed by atoms with van der Waals surface area (Å²) in [5, 5.41) is 12.3. The molecule has 1 unspecified atom stereocenters. The summed E-state index contributed by atoms with van der Waals surface area (Å²) in [6.07, 6.45) is 4.61. The first-order valence-electron chi connectivity index (χ1n) is 11.5. The van der Waals surface area contributed by atoms with E-state index in [2.05, 4.69) is 9.88 Å². The fraction of sp³-hybridized carbons (Fsp3) is 0.423. The second-order valence-electron chi connectivity index (χ2n) is 8.70. The maximum Gasteiger partial charge on any atom is 0.136 e. The van der Waals surface area contributed by atoms with Crippen molar-refractivity contribution in [3.63, 3.8) is 0 Å². The first-order chi connectivity index (χ1) is 16.4. The number of benzene rings is 2. The zero-order valence-corrected chi connectivity index (χ0v) is 20.7. The van der Waals surface area contributed by atoms with Gasteiger partial charge in [0.1, 0.15) is 17.4 Å². The summed E-state index contributed by atoms with van der Waals surface area (Å²) in [6, 6.07) is 9.17. The lowest BCUT2D eigenvalue weighted by atomic mass is 9.89. The molecular formula is C26H29ClF2N2O2S. The summed E-state index contributed by atoms with van der Waals surface area (Å²) in [4.78, 5) is 7.10. The minimum Gasteiger partial charge on any atom is -0.497 e. The number of fused-ring (bicyclic) bond motifs is 1. The van der Waals surface area contributed by atoms with Gasteiger partial charge < -0.3 is 14.7 Å². The predicted molar refractivity (Wildman–Crippen MR) is 134 cm³/mol. The molecule has 2 aromatic carbocycles. The molecule has 0 aliphatic carbocycles. The molecule has 1 fully saturated rings. The van der Waals surface area contributed by atoms with E-state index >= 15 is 0 Å². The summed E-state index contributed by atoms with van der Waals surface area (Å²) in [5.74, 6) is 1.19. The van der Waals surface area contributed by atoms with Crippen LogP contribution in [0.15, 0.2) is 47.5 Å². The minimum absolute atomic E-state index is 0.365. The Balaban J connectivity index is 1.26.